The number of aromatic nitrogens is 3. The van der Waals surface area contributed by atoms with Crippen molar-refractivity contribution in [3.05, 3.63) is 90.6 Å². The molecule has 7 rings (SSSR count). The van der Waals surface area contributed by atoms with E-state index in [1.807, 2.05) is 6.20 Å². The molecule has 0 aliphatic carbocycles. The van der Waals surface area contributed by atoms with Gasteiger partial charge in [0.1, 0.15) is 10.6 Å². The van der Waals surface area contributed by atoms with Crippen molar-refractivity contribution in [1.29, 1.82) is 0 Å². The molecular formula is C25H15N3S. The first kappa shape index (κ1) is 15.3. The van der Waals surface area contributed by atoms with Gasteiger partial charge in [-0.25, -0.2) is 4.98 Å². The van der Waals surface area contributed by atoms with Gasteiger partial charge in [-0.3, -0.25) is 4.40 Å². The highest BCUT2D eigenvalue weighted by atomic mass is 32.1. The van der Waals surface area contributed by atoms with Crippen molar-refractivity contribution in [3.8, 4) is 5.00 Å². The van der Waals surface area contributed by atoms with E-state index >= 15 is 0 Å². The molecule has 0 aliphatic heterocycles. The third-order valence-corrected chi connectivity index (χ3v) is 6.83. The third-order valence-electron chi connectivity index (χ3n) is 5.87. The Balaban J connectivity index is 1.76. The van der Waals surface area contributed by atoms with Gasteiger partial charge in [-0.15, -0.1) is 11.3 Å². The van der Waals surface area contributed by atoms with Crippen LogP contribution in [0.2, 0.25) is 0 Å². The zero-order chi connectivity index (χ0) is 18.9. The van der Waals surface area contributed by atoms with E-state index in [1.165, 1.54) is 48.5 Å². The summed E-state index contributed by atoms with van der Waals surface area (Å²) in [4.78, 5) is 4.68. The monoisotopic (exact) mass is 389 g/mol. The smallest absolute Gasteiger partial charge is 0.146 e. The van der Waals surface area contributed by atoms with Crippen LogP contribution in [0.15, 0.2) is 90.6 Å². The normalized spacial score (nSPS) is 12.1. The molecule has 0 N–H and O–H groups in total. The number of imidazole rings is 1. The van der Waals surface area contributed by atoms with Crippen LogP contribution in [-0.4, -0.2) is 14.0 Å². The van der Waals surface area contributed by atoms with Crippen LogP contribution in [0.1, 0.15) is 0 Å². The average Bonchev–Trinajstić information content (AvgIpc) is 3.49. The molecule has 4 aromatic heterocycles. The fourth-order valence-corrected chi connectivity index (χ4v) is 5.76. The van der Waals surface area contributed by atoms with E-state index in [-0.39, 0.29) is 0 Å². The van der Waals surface area contributed by atoms with E-state index in [0.717, 1.165) is 5.65 Å². The number of hydrogen-bond donors (Lipinski definition) is 0. The highest BCUT2D eigenvalue weighted by Gasteiger charge is 2.19. The molecule has 0 spiro atoms. The molecule has 136 valence electrons. The van der Waals surface area contributed by atoms with Crippen LogP contribution in [0.4, 0.5) is 0 Å². The summed E-state index contributed by atoms with van der Waals surface area (Å²) in [5, 5.41) is 9.81. The zero-order valence-electron chi connectivity index (χ0n) is 15.4. The molecule has 0 saturated heterocycles. The Kier molecular flexibility index (Phi) is 2.88. The number of fused-ring (bicyclic) bond motifs is 9. The van der Waals surface area contributed by atoms with Gasteiger partial charge in [0.2, 0.25) is 0 Å². The number of hydrogen-bond acceptors (Lipinski definition) is 2. The minimum Gasteiger partial charge on any atom is -0.300 e. The second kappa shape index (κ2) is 5.46. The lowest BCUT2D eigenvalue weighted by atomic mass is 10.1. The summed E-state index contributed by atoms with van der Waals surface area (Å²) >= 11 is 1.79. The summed E-state index contributed by atoms with van der Waals surface area (Å²) in [5.74, 6) is 0. The Bertz CT molecular complexity index is 1660. The lowest BCUT2D eigenvalue weighted by Gasteiger charge is -2.10. The first-order valence-corrected chi connectivity index (χ1v) is 10.5. The van der Waals surface area contributed by atoms with Gasteiger partial charge in [0.05, 0.1) is 16.6 Å². The molecule has 0 saturated carbocycles. The fraction of sp³-hybridized carbons (Fsp3) is 0. The fourth-order valence-electron chi connectivity index (χ4n) is 4.67. The van der Waals surface area contributed by atoms with Gasteiger partial charge in [-0.05, 0) is 18.2 Å². The second-order valence-corrected chi connectivity index (χ2v) is 8.20. The van der Waals surface area contributed by atoms with E-state index in [1.54, 1.807) is 11.3 Å². The third kappa shape index (κ3) is 1.89. The number of benzene rings is 3. The Morgan fingerprint density at radius 3 is 2.00 bits per heavy atom. The Hall–Kier alpha value is -3.63. The van der Waals surface area contributed by atoms with E-state index in [9.17, 15) is 0 Å². The maximum absolute atomic E-state index is 4.68. The van der Waals surface area contributed by atoms with Gasteiger partial charge in [-0.2, -0.15) is 0 Å². The quantitative estimate of drug-likeness (QED) is 0.303. The van der Waals surface area contributed by atoms with Crippen molar-refractivity contribution in [3.63, 3.8) is 0 Å². The van der Waals surface area contributed by atoms with Crippen LogP contribution in [0.3, 0.4) is 0 Å². The van der Waals surface area contributed by atoms with Crippen molar-refractivity contribution < 1.29 is 0 Å². The predicted molar refractivity (Wildman–Crippen MR) is 122 cm³/mol. The van der Waals surface area contributed by atoms with Crippen molar-refractivity contribution in [1.82, 2.24) is 14.0 Å². The molecular weight excluding hydrogens is 374 g/mol. The number of nitrogens with zero attached hydrogens (tertiary/aromatic N) is 3. The van der Waals surface area contributed by atoms with Gasteiger partial charge in [0.25, 0.3) is 0 Å². The first-order chi connectivity index (χ1) is 14.4. The highest BCUT2D eigenvalue weighted by molar-refractivity contribution is 7.14. The molecule has 0 radical (unpaired) electrons. The Morgan fingerprint density at radius 1 is 0.655 bits per heavy atom. The zero-order valence-corrected chi connectivity index (χ0v) is 16.2. The van der Waals surface area contributed by atoms with Crippen LogP contribution in [0, 0.1) is 0 Å². The highest BCUT2D eigenvalue weighted by Crippen LogP contribution is 2.41. The van der Waals surface area contributed by atoms with E-state index in [2.05, 4.69) is 98.3 Å². The van der Waals surface area contributed by atoms with Crippen LogP contribution in [0.25, 0.3) is 54.1 Å². The van der Waals surface area contributed by atoms with Gasteiger partial charge in [-0.1, -0.05) is 54.6 Å². The minimum absolute atomic E-state index is 1.02. The van der Waals surface area contributed by atoms with Gasteiger partial charge < -0.3 is 4.57 Å². The summed E-state index contributed by atoms with van der Waals surface area (Å²) in [5.41, 5.74) is 4.68. The molecule has 3 aromatic carbocycles. The lowest BCUT2D eigenvalue weighted by molar-refractivity contribution is 1.23. The number of para-hydroxylation sites is 3. The van der Waals surface area contributed by atoms with Crippen LogP contribution >= 0.6 is 11.3 Å². The summed E-state index contributed by atoms with van der Waals surface area (Å²) in [6.45, 7) is 0. The van der Waals surface area contributed by atoms with Crippen molar-refractivity contribution in [2.75, 3.05) is 0 Å². The largest absolute Gasteiger partial charge is 0.300 e. The van der Waals surface area contributed by atoms with Crippen LogP contribution in [-0.2, 0) is 0 Å². The topological polar surface area (TPSA) is 22.2 Å². The molecule has 0 unspecified atom stereocenters. The number of pyridine rings is 1. The molecule has 0 atom stereocenters. The van der Waals surface area contributed by atoms with Crippen molar-refractivity contribution in [2.24, 2.45) is 0 Å². The van der Waals surface area contributed by atoms with Crippen LogP contribution in [0.5, 0.6) is 0 Å². The molecule has 0 bridgehead atoms. The lowest BCUT2D eigenvalue weighted by Crippen LogP contribution is -1.94. The number of thiophene rings is 1. The molecule has 3 nitrogen and oxygen atoms in total. The summed E-state index contributed by atoms with van der Waals surface area (Å²) in [6, 6.07) is 26.0. The van der Waals surface area contributed by atoms with Crippen molar-refractivity contribution >= 4 is 60.5 Å². The SMILES string of the molecule is c1ccc2c(c1)c1ccccc1n2-c1scc2c1c1ccccc1n1ccnc21. The summed E-state index contributed by atoms with van der Waals surface area (Å²) in [7, 11) is 0. The van der Waals surface area contributed by atoms with E-state index in [0.29, 0.717) is 0 Å². The van der Waals surface area contributed by atoms with Crippen LogP contribution < -0.4 is 0 Å². The first-order valence-electron chi connectivity index (χ1n) is 9.65. The van der Waals surface area contributed by atoms with Gasteiger partial charge >= 0.3 is 0 Å². The van der Waals surface area contributed by atoms with Gasteiger partial charge in [0, 0.05) is 44.7 Å². The Morgan fingerprint density at radius 2 is 1.28 bits per heavy atom. The molecule has 0 fully saturated rings. The molecule has 7 aromatic rings. The molecule has 4 heteroatoms. The van der Waals surface area contributed by atoms with Gasteiger partial charge in [0.15, 0.2) is 0 Å². The average molecular weight is 389 g/mol. The van der Waals surface area contributed by atoms with E-state index < -0.39 is 0 Å². The van der Waals surface area contributed by atoms with Crippen molar-refractivity contribution in [2.45, 2.75) is 0 Å². The molecule has 0 aliphatic rings. The maximum Gasteiger partial charge on any atom is 0.146 e. The molecule has 4 heterocycles. The molecule has 0 amide bonds. The summed E-state index contributed by atoms with van der Waals surface area (Å²) < 4.78 is 4.61. The summed E-state index contributed by atoms with van der Waals surface area (Å²) in [6.07, 6.45) is 3.94. The van der Waals surface area contributed by atoms with E-state index in [4.69, 9.17) is 0 Å². The predicted octanol–water partition coefficient (Wildman–Crippen LogP) is 6.80. The Labute approximate surface area is 170 Å². The molecule has 29 heavy (non-hydrogen) atoms. The maximum atomic E-state index is 4.68. The second-order valence-electron chi connectivity index (χ2n) is 7.34. The number of rotatable bonds is 1. The minimum atomic E-state index is 1.02. The standard InChI is InChI=1S/C25H15N3S/c1-5-11-21-16(7-1)17-8-2-6-12-22(17)28(21)25-23-18-9-3-4-10-20(18)27-14-13-26-24(27)19(23)15-29-25/h1-15H.